The molecule has 0 radical (unpaired) electrons. The number of carbonyl (C=O) groups excluding carboxylic acids is 3. The van der Waals surface area contributed by atoms with Crippen molar-refractivity contribution >= 4 is 17.5 Å². The zero-order chi connectivity index (χ0) is 18.9. The van der Waals surface area contributed by atoms with Crippen LogP contribution in [0.5, 0.6) is 11.5 Å². The van der Waals surface area contributed by atoms with Gasteiger partial charge in [0, 0.05) is 12.5 Å². The topological polar surface area (TPSA) is 121 Å². The molecule has 25 heavy (non-hydrogen) atoms. The first-order valence-electron chi connectivity index (χ1n) is 7.76. The molecule has 1 unspecified atom stereocenters. The van der Waals surface area contributed by atoms with Gasteiger partial charge in [0.2, 0.25) is 0 Å². The Kier molecular flexibility index (Phi) is 4.99. The summed E-state index contributed by atoms with van der Waals surface area (Å²) < 4.78 is 5.15. The number of phenolic OH excluding ortho intramolecular Hbond substituents is 2. The number of rotatable bonds is 5. The highest BCUT2D eigenvalue weighted by Gasteiger charge is 2.36. The van der Waals surface area contributed by atoms with E-state index in [-0.39, 0.29) is 29.5 Å². The second-order valence-corrected chi connectivity index (χ2v) is 6.60. The molecule has 0 saturated carbocycles. The third-order valence-corrected chi connectivity index (χ3v) is 3.86. The van der Waals surface area contributed by atoms with Gasteiger partial charge in [-0.25, -0.2) is 0 Å². The number of ether oxygens (including phenoxy) is 1. The van der Waals surface area contributed by atoms with E-state index >= 15 is 0 Å². The fraction of sp³-hybridized carbons (Fsp3) is 0.389. The molecular weight excluding hydrogens is 328 g/mol. The molecule has 1 atom stereocenters. The van der Waals surface area contributed by atoms with Crippen LogP contribution in [0.4, 0.5) is 0 Å². The molecular formula is C18H20O7. The monoisotopic (exact) mass is 348 g/mol. The maximum absolute atomic E-state index is 12.7. The van der Waals surface area contributed by atoms with Crippen molar-refractivity contribution in [1.82, 2.24) is 0 Å². The number of aliphatic hydroxyl groups is 1. The number of hydrogen-bond donors (Lipinski definition) is 3. The smallest absolute Gasteiger partial charge is 0.303 e. The summed E-state index contributed by atoms with van der Waals surface area (Å²) >= 11 is 0. The molecule has 1 aromatic rings. The summed E-state index contributed by atoms with van der Waals surface area (Å²) in [5, 5.41) is 29.6. The maximum Gasteiger partial charge on any atom is 0.303 e. The molecule has 0 saturated heterocycles. The number of benzene rings is 1. The van der Waals surface area contributed by atoms with Crippen molar-refractivity contribution in [2.75, 3.05) is 0 Å². The molecule has 3 N–H and O–H groups in total. The predicted molar refractivity (Wildman–Crippen MR) is 87.6 cm³/mol. The van der Waals surface area contributed by atoms with Crippen LogP contribution in [0.15, 0.2) is 23.8 Å². The van der Waals surface area contributed by atoms with Crippen molar-refractivity contribution in [2.24, 2.45) is 0 Å². The highest BCUT2D eigenvalue weighted by molar-refractivity contribution is 6.27. The summed E-state index contributed by atoms with van der Waals surface area (Å²) in [5.41, 5.74) is -1.75. The molecule has 0 spiro atoms. The first-order chi connectivity index (χ1) is 11.5. The standard InChI is InChI=1S/C18H20O7/c1-9(19)25-14(6-7-18(2,3)24)10-8-13(22)15-11(20)4-5-12(21)16(15)17(10)23/h4-5,8,14,20-21,24H,6-7H2,1-3H3. The molecule has 1 aliphatic carbocycles. The SMILES string of the molecule is CC(=O)OC(CCC(C)(C)O)C1=CC(=O)c2c(O)ccc(O)c2C1=O. The lowest BCUT2D eigenvalue weighted by molar-refractivity contribution is -0.145. The summed E-state index contributed by atoms with van der Waals surface area (Å²) in [6.45, 7) is 4.31. The molecule has 0 amide bonds. The number of Topliss-reactive ketones (excluding diaryl/α,β-unsaturated/α-hetero) is 1. The fourth-order valence-corrected chi connectivity index (χ4v) is 2.68. The van der Waals surface area contributed by atoms with Gasteiger partial charge in [-0.05, 0) is 44.9 Å². The van der Waals surface area contributed by atoms with Crippen LogP contribution in [0, 0.1) is 0 Å². The van der Waals surface area contributed by atoms with Crippen molar-refractivity contribution in [2.45, 2.75) is 45.3 Å². The molecule has 0 aromatic heterocycles. The van der Waals surface area contributed by atoms with E-state index in [0.717, 1.165) is 18.2 Å². The Labute approximate surface area is 144 Å². The number of allylic oxidation sites excluding steroid dienone is 1. The number of aromatic hydroxyl groups is 2. The lowest BCUT2D eigenvalue weighted by atomic mass is 9.84. The molecule has 1 aliphatic rings. The van der Waals surface area contributed by atoms with Gasteiger partial charge in [0.1, 0.15) is 17.6 Å². The van der Waals surface area contributed by atoms with Crippen LogP contribution < -0.4 is 0 Å². The average Bonchev–Trinajstić information content (AvgIpc) is 2.48. The van der Waals surface area contributed by atoms with E-state index in [1.165, 1.54) is 6.92 Å². The maximum atomic E-state index is 12.7. The van der Waals surface area contributed by atoms with Crippen LogP contribution in [-0.2, 0) is 9.53 Å². The minimum absolute atomic E-state index is 0.0992. The second-order valence-electron chi connectivity index (χ2n) is 6.60. The van der Waals surface area contributed by atoms with E-state index in [0.29, 0.717) is 0 Å². The van der Waals surface area contributed by atoms with Crippen molar-refractivity contribution in [3.05, 3.63) is 34.9 Å². The number of fused-ring (bicyclic) bond motifs is 1. The van der Waals surface area contributed by atoms with Gasteiger partial charge in [0.05, 0.1) is 16.7 Å². The molecule has 1 aromatic carbocycles. The quantitative estimate of drug-likeness (QED) is 0.549. The van der Waals surface area contributed by atoms with Crippen LogP contribution in [-0.4, -0.2) is 44.6 Å². The Morgan fingerprint density at radius 2 is 1.72 bits per heavy atom. The van der Waals surface area contributed by atoms with Gasteiger partial charge in [0.15, 0.2) is 11.6 Å². The molecule has 7 heteroatoms. The van der Waals surface area contributed by atoms with E-state index in [9.17, 15) is 29.7 Å². The molecule has 0 fully saturated rings. The minimum atomic E-state index is -1.06. The largest absolute Gasteiger partial charge is 0.507 e. The van der Waals surface area contributed by atoms with Crippen LogP contribution in [0.25, 0.3) is 0 Å². The number of esters is 1. The van der Waals surface area contributed by atoms with E-state index < -0.39 is 40.7 Å². The Morgan fingerprint density at radius 1 is 1.16 bits per heavy atom. The van der Waals surface area contributed by atoms with Gasteiger partial charge in [-0.15, -0.1) is 0 Å². The Bertz CT molecular complexity index is 768. The summed E-state index contributed by atoms with van der Waals surface area (Å²) in [6, 6.07) is 2.23. The summed E-state index contributed by atoms with van der Waals surface area (Å²) in [4.78, 5) is 36.4. The van der Waals surface area contributed by atoms with E-state index in [1.54, 1.807) is 13.8 Å². The normalized spacial score (nSPS) is 15.4. The zero-order valence-corrected chi connectivity index (χ0v) is 14.2. The van der Waals surface area contributed by atoms with Crippen LogP contribution in [0.1, 0.15) is 54.3 Å². The van der Waals surface area contributed by atoms with E-state index in [2.05, 4.69) is 0 Å². The molecule has 0 heterocycles. The third kappa shape index (κ3) is 4.06. The number of phenols is 2. The van der Waals surface area contributed by atoms with Crippen LogP contribution >= 0.6 is 0 Å². The van der Waals surface area contributed by atoms with Gasteiger partial charge in [0.25, 0.3) is 0 Å². The van der Waals surface area contributed by atoms with Crippen molar-refractivity contribution in [3.63, 3.8) is 0 Å². The molecule has 0 aliphatic heterocycles. The highest BCUT2D eigenvalue weighted by atomic mass is 16.5. The van der Waals surface area contributed by atoms with E-state index in [4.69, 9.17) is 4.74 Å². The van der Waals surface area contributed by atoms with E-state index in [1.807, 2.05) is 0 Å². The first-order valence-corrected chi connectivity index (χ1v) is 7.76. The number of carbonyl (C=O) groups is 3. The summed E-state index contributed by atoms with van der Waals surface area (Å²) in [5.74, 6) is -2.88. The van der Waals surface area contributed by atoms with Gasteiger partial charge >= 0.3 is 5.97 Å². The van der Waals surface area contributed by atoms with Crippen LogP contribution in [0.3, 0.4) is 0 Å². The van der Waals surface area contributed by atoms with Crippen molar-refractivity contribution < 1.29 is 34.4 Å². The molecule has 0 bridgehead atoms. The number of ketones is 2. The van der Waals surface area contributed by atoms with Gasteiger partial charge in [-0.1, -0.05) is 0 Å². The minimum Gasteiger partial charge on any atom is -0.507 e. The van der Waals surface area contributed by atoms with Crippen molar-refractivity contribution in [1.29, 1.82) is 0 Å². The highest BCUT2D eigenvalue weighted by Crippen LogP contribution is 2.36. The molecule has 134 valence electrons. The van der Waals surface area contributed by atoms with Gasteiger partial charge < -0.3 is 20.1 Å². The lowest BCUT2D eigenvalue weighted by Crippen LogP contribution is -2.31. The Balaban J connectivity index is 2.45. The van der Waals surface area contributed by atoms with Gasteiger partial charge in [-0.2, -0.15) is 0 Å². The Morgan fingerprint density at radius 3 is 2.24 bits per heavy atom. The average molecular weight is 348 g/mol. The second kappa shape index (κ2) is 6.68. The third-order valence-electron chi connectivity index (χ3n) is 3.86. The Hall–Kier alpha value is -2.67. The summed E-state index contributed by atoms with van der Waals surface area (Å²) in [7, 11) is 0. The fourth-order valence-electron chi connectivity index (χ4n) is 2.68. The molecule has 7 nitrogen and oxygen atoms in total. The molecule has 2 rings (SSSR count). The van der Waals surface area contributed by atoms with Gasteiger partial charge in [-0.3, -0.25) is 14.4 Å². The van der Waals surface area contributed by atoms with Crippen LogP contribution in [0.2, 0.25) is 0 Å². The zero-order valence-electron chi connectivity index (χ0n) is 14.2. The number of hydrogen-bond acceptors (Lipinski definition) is 7. The lowest BCUT2D eigenvalue weighted by Gasteiger charge is -2.26. The summed E-state index contributed by atoms with van der Waals surface area (Å²) in [6.07, 6.45) is 0.281. The van der Waals surface area contributed by atoms with Crippen molar-refractivity contribution in [3.8, 4) is 11.5 Å². The predicted octanol–water partition coefficient (Wildman–Crippen LogP) is 1.89. The first kappa shape index (κ1) is 18.7.